The average molecular weight is 273 g/mol. The largest absolute Gasteiger partial charge is 0.495 e. The van der Waals surface area contributed by atoms with Crippen molar-refractivity contribution in [1.82, 2.24) is 0 Å². The van der Waals surface area contributed by atoms with Crippen LogP contribution in [0, 0.1) is 0 Å². The monoisotopic (exact) mass is 273 g/mol. The van der Waals surface area contributed by atoms with Gasteiger partial charge in [0.1, 0.15) is 5.75 Å². The van der Waals surface area contributed by atoms with Gasteiger partial charge in [0, 0.05) is 6.54 Å². The fourth-order valence-corrected chi connectivity index (χ4v) is 1.98. The second-order valence-corrected chi connectivity index (χ2v) is 4.24. The Bertz CT molecular complexity index is 569. The van der Waals surface area contributed by atoms with Gasteiger partial charge in [0.2, 0.25) is 0 Å². The van der Waals surface area contributed by atoms with Crippen LogP contribution in [0.15, 0.2) is 42.5 Å². The molecule has 0 aliphatic heterocycles. The van der Waals surface area contributed by atoms with Crippen molar-refractivity contribution >= 4 is 5.69 Å². The van der Waals surface area contributed by atoms with Gasteiger partial charge in [-0.1, -0.05) is 18.2 Å². The third kappa shape index (κ3) is 3.15. The summed E-state index contributed by atoms with van der Waals surface area (Å²) in [4.78, 5) is 0. The number of nitrogens with one attached hydrogen (secondary N) is 1. The molecule has 0 aliphatic carbocycles. The highest BCUT2D eigenvalue weighted by Crippen LogP contribution is 2.29. The number of methoxy groups -OCH3 is 3. The molecule has 4 nitrogen and oxygen atoms in total. The Hall–Kier alpha value is -2.36. The summed E-state index contributed by atoms with van der Waals surface area (Å²) in [6.45, 7) is 0.681. The van der Waals surface area contributed by atoms with Crippen LogP contribution in [0.5, 0.6) is 17.2 Å². The molecular formula is C16H19NO3. The molecule has 4 heteroatoms. The molecule has 2 rings (SSSR count). The van der Waals surface area contributed by atoms with Gasteiger partial charge in [-0.3, -0.25) is 0 Å². The first-order chi connectivity index (χ1) is 9.78. The van der Waals surface area contributed by atoms with Gasteiger partial charge >= 0.3 is 0 Å². The van der Waals surface area contributed by atoms with Crippen LogP contribution in [-0.4, -0.2) is 21.3 Å². The third-order valence-electron chi connectivity index (χ3n) is 3.04. The molecule has 2 aromatic carbocycles. The van der Waals surface area contributed by atoms with Gasteiger partial charge in [-0.2, -0.15) is 0 Å². The van der Waals surface area contributed by atoms with Gasteiger partial charge in [-0.25, -0.2) is 0 Å². The highest BCUT2D eigenvalue weighted by Gasteiger charge is 2.05. The zero-order valence-electron chi connectivity index (χ0n) is 12.0. The molecule has 0 fully saturated rings. The van der Waals surface area contributed by atoms with Crippen molar-refractivity contribution in [3.8, 4) is 17.2 Å². The molecule has 106 valence electrons. The number of rotatable bonds is 6. The molecule has 0 aromatic heterocycles. The summed E-state index contributed by atoms with van der Waals surface area (Å²) in [5, 5.41) is 3.35. The van der Waals surface area contributed by atoms with Crippen molar-refractivity contribution in [2.24, 2.45) is 0 Å². The maximum absolute atomic E-state index is 5.31. The lowest BCUT2D eigenvalue weighted by Crippen LogP contribution is -2.02. The van der Waals surface area contributed by atoms with Gasteiger partial charge in [-0.05, 0) is 29.8 Å². The lowest BCUT2D eigenvalue weighted by atomic mass is 10.2. The summed E-state index contributed by atoms with van der Waals surface area (Å²) >= 11 is 0. The number of para-hydroxylation sites is 2. The van der Waals surface area contributed by atoms with Crippen LogP contribution in [0.25, 0.3) is 0 Å². The molecule has 0 aliphatic rings. The Kier molecular flexibility index (Phi) is 4.71. The van der Waals surface area contributed by atoms with Crippen LogP contribution in [0.2, 0.25) is 0 Å². The summed E-state index contributed by atoms with van der Waals surface area (Å²) in [6, 6.07) is 13.7. The van der Waals surface area contributed by atoms with E-state index in [4.69, 9.17) is 14.2 Å². The maximum atomic E-state index is 5.31. The summed E-state index contributed by atoms with van der Waals surface area (Å²) in [5.41, 5.74) is 2.07. The summed E-state index contributed by atoms with van der Waals surface area (Å²) in [5.74, 6) is 2.29. The van der Waals surface area contributed by atoms with Gasteiger partial charge in [0.25, 0.3) is 0 Å². The molecule has 0 unspecified atom stereocenters. The van der Waals surface area contributed by atoms with E-state index in [1.54, 1.807) is 21.3 Å². The Morgan fingerprint density at radius 2 is 1.50 bits per heavy atom. The number of hydrogen-bond donors (Lipinski definition) is 1. The Morgan fingerprint density at radius 3 is 2.20 bits per heavy atom. The van der Waals surface area contributed by atoms with E-state index < -0.39 is 0 Å². The average Bonchev–Trinajstić information content (AvgIpc) is 2.52. The maximum Gasteiger partial charge on any atom is 0.161 e. The number of ether oxygens (including phenoxy) is 3. The van der Waals surface area contributed by atoms with Gasteiger partial charge in [0.05, 0.1) is 27.0 Å². The van der Waals surface area contributed by atoms with Crippen LogP contribution >= 0.6 is 0 Å². The van der Waals surface area contributed by atoms with Crippen molar-refractivity contribution in [3.05, 3.63) is 48.0 Å². The third-order valence-corrected chi connectivity index (χ3v) is 3.04. The summed E-state index contributed by atoms with van der Waals surface area (Å²) in [6.07, 6.45) is 0. The highest BCUT2D eigenvalue weighted by atomic mass is 16.5. The molecule has 0 atom stereocenters. The minimum atomic E-state index is 0.681. The second-order valence-electron chi connectivity index (χ2n) is 4.24. The topological polar surface area (TPSA) is 39.7 Å². The van der Waals surface area contributed by atoms with Gasteiger partial charge < -0.3 is 19.5 Å². The molecule has 0 heterocycles. The number of hydrogen-bond acceptors (Lipinski definition) is 4. The molecular weight excluding hydrogens is 254 g/mol. The van der Waals surface area contributed by atoms with E-state index in [0.717, 1.165) is 28.5 Å². The lowest BCUT2D eigenvalue weighted by molar-refractivity contribution is 0.354. The SMILES string of the molecule is COc1ccccc1NCc1ccc(OC)c(OC)c1. The van der Waals surface area contributed by atoms with Crippen molar-refractivity contribution in [1.29, 1.82) is 0 Å². The van der Waals surface area contributed by atoms with Crippen LogP contribution in [0.1, 0.15) is 5.56 Å². The first-order valence-corrected chi connectivity index (χ1v) is 6.36. The van der Waals surface area contributed by atoms with E-state index in [0.29, 0.717) is 6.54 Å². The predicted octanol–water partition coefficient (Wildman–Crippen LogP) is 3.32. The Balaban J connectivity index is 2.11. The molecule has 20 heavy (non-hydrogen) atoms. The smallest absolute Gasteiger partial charge is 0.161 e. The van der Waals surface area contributed by atoms with E-state index in [1.165, 1.54) is 0 Å². The predicted molar refractivity (Wildman–Crippen MR) is 79.9 cm³/mol. The van der Waals surface area contributed by atoms with Crippen molar-refractivity contribution in [2.45, 2.75) is 6.54 Å². The Labute approximate surface area is 119 Å². The standard InChI is InChI=1S/C16H19NO3/c1-18-14-7-5-4-6-13(14)17-11-12-8-9-15(19-2)16(10-12)20-3/h4-10,17H,11H2,1-3H3. The van der Waals surface area contributed by atoms with Crippen LogP contribution in [-0.2, 0) is 6.54 Å². The van der Waals surface area contributed by atoms with E-state index in [9.17, 15) is 0 Å². The van der Waals surface area contributed by atoms with E-state index in [-0.39, 0.29) is 0 Å². The molecule has 2 aromatic rings. The van der Waals surface area contributed by atoms with Crippen molar-refractivity contribution < 1.29 is 14.2 Å². The second kappa shape index (κ2) is 6.70. The molecule has 0 amide bonds. The zero-order chi connectivity index (χ0) is 14.4. The number of benzene rings is 2. The Morgan fingerprint density at radius 1 is 0.800 bits per heavy atom. The molecule has 0 bridgehead atoms. The number of anilines is 1. The van der Waals surface area contributed by atoms with Gasteiger partial charge in [0.15, 0.2) is 11.5 Å². The molecule has 0 radical (unpaired) electrons. The van der Waals surface area contributed by atoms with Crippen LogP contribution in [0.3, 0.4) is 0 Å². The summed E-state index contributed by atoms with van der Waals surface area (Å²) in [7, 11) is 4.93. The quantitative estimate of drug-likeness (QED) is 0.876. The molecule has 0 saturated heterocycles. The minimum absolute atomic E-state index is 0.681. The first kappa shape index (κ1) is 14.1. The first-order valence-electron chi connectivity index (χ1n) is 6.36. The van der Waals surface area contributed by atoms with E-state index >= 15 is 0 Å². The van der Waals surface area contributed by atoms with Gasteiger partial charge in [-0.15, -0.1) is 0 Å². The van der Waals surface area contributed by atoms with Crippen LogP contribution in [0.4, 0.5) is 5.69 Å². The fraction of sp³-hybridized carbons (Fsp3) is 0.250. The lowest BCUT2D eigenvalue weighted by Gasteiger charge is -2.12. The van der Waals surface area contributed by atoms with E-state index in [2.05, 4.69) is 5.32 Å². The fourth-order valence-electron chi connectivity index (χ4n) is 1.98. The minimum Gasteiger partial charge on any atom is -0.495 e. The normalized spacial score (nSPS) is 9.95. The highest BCUT2D eigenvalue weighted by molar-refractivity contribution is 5.56. The summed E-state index contributed by atoms with van der Waals surface area (Å²) < 4.78 is 15.8. The molecule has 0 saturated carbocycles. The zero-order valence-corrected chi connectivity index (χ0v) is 12.0. The van der Waals surface area contributed by atoms with Crippen molar-refractivity contribution in [2.75, 3.05) is 26.6 Å². The molecule has 1 N–H and O–H groups in total. The van der Waals surface area contributed by atoms with E-state index in [1.807, 2.05) is 42.5 Å². The molecule has 0 spiro atoms. The van der Waals surface area contributed by atoms with Crippen molar-refractivity contribution in [3.63, 3.8) is 0 Å². The van der Waals surface area contributed by atoms with Crippen LogP contribution < -0.4 is 19.5 Å².